The third-order valence-corrected chi connectivity index (χ3v) is 2.91. The van der Waals surface area contributed by atoms with Crippen LogP contribution in [0.5, 0.6) is 0 Å². The van der Waals surface area contributed by atoms with Crippen LogP contribution in [0.4, 0.5) is 0 Å². The van der Waals surface area contributed by atoms with Crippen LogP contribution in [-0.4, -0.2) is 19.3 Å². The van der Waals surface area contributed by atoms with Gasteiger partial charge in [0.05, 0.1) is 17.4 Å². The highest BCUT2D eigenvalue weighted by Gasteiger charge is 2.17. The average molecular weight is 269 g/mol. The molecule has 0 amide bonds. The maximum atomic E-state index is 12.3. The van der Waals surface area contributed by atoms with Crippen molar-refractivity contribution in [1.29, 1.82) is 0 Å². The summed E-state index contributed by atoms with van der Waals surface area (Å²) in [7, 11) is 1.71. The Morgan fingerprint density at radius 3 is 2.56 bits per heavy atom. The van der Waals surface area contributed by atoms with Gasteiger partial charge in [0, 0.05) is 13.2 Å². The average Bonchev–Trinajstić information content (AvgIpc) is 2.63. The molecule has 96 valence electrons. The second-order valence-corrected chi connectivity index (χ2v) is 4.70. The summed E-state index contributed by atoms with van der Waals surface area (Å²) >= 11 is 5.90. The number of hydrogen-bond acceptors (Lipinski definition) is 3. The lowest BCUT2D eigenvalue weighted by molar-refractivity contribution is 0.762. The molecule has 0 unspecified atom stereocenters. The van der Waals surface area contributed by atoms with Gasteiger partial charge in [0.2, 0.25) is 0 Å². The first-order chi connectivity index (χ1) is 8.41. The van der Waals surface area contributed by atoms with Crippen LogP contribution in [0.3, 0.4) is 0 Å². The highest BCUT2D eigenvalue weighted by atomic mass is 35.5. The van der Waals surface area contributed by atoms with E-state index >= 15 is 0 Å². The number of aromatic nitrogens is 4. The van der Waals surface area contributed by atoms with Crippen molar-refractivity contribution in [2.45, 2.75) is 19.8 Å². The van der Waals surface area contributed by atoms with E-state index in [0.717, 1.165) is 4.57 Å². The van der Waals surface area contributed by atoms with Gasteiger partial charge in [-0.25, -0.2) is 9.36 Å². The maximum Gasteiger partial charge on any atom is 0.334 e. The smallest absolute Gasteiger partial charge is 0.297 e. The Bertz CT molecular complexity index is 696. The van der Waals surface area contributed by atoms with Gasteiger partial charge in [0.1, 0.15) is 5.15 Å². The molecule has 0 radical (unpaired) electrons. The third kappa shape index (κ3) is 1.99. The predicted octanol–water partition coefficient (Wildman–Crippen LogP) is 1.04. The molecule has 0 saturated carbocycles. The van der Waals surface area contributed by atoms with Crippen LogP contribution in [0.25, 0.3) is 5.69 Å². The van der Waals surface area contributed by atoms with E-state index in [-0.39, 0.29) is 11.1 Å². The lowest BCUT2D eigenvalue weighted by Gasteiger charge is -2.09. The zero-order valence-corrected chi connectivity index (χ0v) is 11.0. The predicted molar refractivity (Wildman–Crippen MR) is 68.5 cm³/mol. The number of aromatic amines is 1. The molecule has 0 fully saturated rings. The van der Waals surface area contributed by atoms with Crippen LogP contribution in [-0.2, 0) is 7.05 Å². The van der Waals surface area contributed by atoms with Crippen LogP contribution in [0, 0.1) is 0 Å². The van der Waals surface area contributed by atoms with E-state index in [1.54, 1.807) is 13.2 Å². The molecule has 2 aromatic heterocycles. The number of halogens is 1. The number of nitrogens with zero attached hydrogens (tertiary/aromatic N) is 3. The molecule has 7 heteroatoms. The van der Waals surface area contributed by atoms with Gasteiger partial charge >= 0.3 is 5.69 Å². The van der Waals surface area contributed by atoms with Gasteiger partial charge in [-0.2, -0.15) is 5.10 Å². The van der Waals surface area contributed by atoms with Crippen molar-refractivity contribution in [3.05, 3.63) is 43.9 Å². The minimum Gasteiger partial charge on any atom is -0.297 e. The Morgan fingerprint density at radius 1 is 1.39 bits per heavy atom. The summed E-state index contributed by atoms with van der Waals surface area (Å²) in [6.45, 7) is 3.68. The number of rotatable bonds is 2. The molecule has 0 spiro atoms. The largest absolute Gasteiger partial charge is 0.334 e. The van der Waals surface area contributed by atoms with Crippen LogP contribution < -0.4 is 11.2 Å². The summed E-state index contributed by atoms with van der Waals surface area (Å²) in [6.07, 6.45) is 3.04. The zero-order chi connectivity index (χ0) is 13.4. The quantitative estimate of drug-likeness (QED) is 0.827. The summed E-state index contributed by atoms with van der Waals surface area (Å²) in [4.78, 5) is 26.6. The van der Waals surface area contributed by atoms with Crippen LogP contribution in [0.1, 0.15) is 25.3 Å². The molecule has 18 heavy (non-hydrogen) atoms. The molecule has 0 aliphatic heterocycles. The number of nitrogens with one attached hydrogen (secondary N) is 1. The SMILES string of the molecule is CC(C)c1c(Cl)[nH]c(=O)n(-c2cnn(C)c2)c1=O. The Morgan fingerprint density at radius 2 is 2.06 bits per heavy atom. The second kappa shape index (κ2) is 4.45. The van der Waals surface area contributed by atoms with Crippen molar-refractivity contribution in [2.75, 3.05) is 0 Å². The van der Waals surface area contributed by atoms with E-state index in [1.807, 2.05) is 13.8 Å². The lowest BCUT2D eigenvalue weighted by atomic mass is 10.1. The van der Waals surface area contributed by atoms with Gasteiger partial charge in [0.25, 0.3) is 5.56 Å². The topological polar surface area (TPSA) is 72.7 Å². The number of aryl methyl sites for hydroxylation is 1. The van der Waals surface area contributed by atoms with Crippen LogP contribution >= 0.6 is 11.6 Å². The van der Waals surface area contributed by atoms with E-state index in [4.69, 9.17) is 11.6 Å². The van der Waals surface area contributed by atoms with Crippen LogP contribution in [0.15, 0.2) is 22.0 Å². The Labute approximate surface area is 108 Å². The fraction of sp³-hybridized carbons (Fsp3) is 0.364. The standard InChI is InChI=1S/C11H13ClN4O2/c1-6(2)8-9(12)14-11(18)16(10(8)17)7-4-13-15(3)5-7/h4-6H,1-3H3,(H,14,18). The first kappa shape index (κ1) is 12.6. The van der Waals surface area contributed by atoms with Gasteiger partial charge in [-0.15, -0.1) is 0 Å². The minimum atomic E-state index is -0.567. The fourth-order valence-electron chi connectivity index (χ4n) is 1.78. The van der Waals surface area contributed by atoms with Crippen molar-refractivity contribution >= 4 is 11.6 Å². The van der Waals surface area contributed by atoms with Crippen LogP contribution in [0.2, 0.25) is 5.15 Å². The molecule has 2 aromatic rings. The van der Waals surface area contributed by atoms with E-state index < -0.39 is 11.2 Å². The van der Waals surface area contributed by atoms with Crippen molar-refractivity contribution < 1.29 is 0 Å². The molecule has 1 N–H and O–H groups in total. The molecule has 0 aromatic carbocycles. The second-order valence-electron chi connectivity index (χ2n) is 4.33. The highest BCUT2D eigenvalue weighted by molar-refractivity contribution is 6.30. The normalized spacial score (nSPS) is 11.2. The number of hydrogen-bond donors (Lipinski definition) is 1. The summed E-state index contributed by atoms with van der Waals surface area (Å²) in [5, 5.41) is 4.04. The van der Waals surface area contributed by atoms with Gasteiger partial charge in [-0.3, -0.25) is 14.5 Å². The first-order valence-electron chi connectivity index (χ1n) is 5.45. The summed E-state index contributed by atoms with van der Waals surface area (Å²) in [5.74, 6) is -0.0789. The summed E-state index contributed by atoms with van der Waals surface area (Å²) < 4.78 is 2.55. The minimum absolute atomic E-state index is 0.0789. The highest BCUT2D eigenvalue weighted by Crippen LogP contribution is 2.17. The van der Waals surface area contributed by atoms with E-state index in [0.29, 0.717) is 11.3 Å². The molecule has 0 atom stereocenters. The molecule has 2 rings (SSSR count). The van der Waals surface area contributed by atoms with Gasteiger partial charge in [0.15, 0.2) is 0 Å². The molecule has 0 saturated heterocycles. The molecule has 2 heterocycles. The molecule has 0 aliphatic rings. The summed E-state index contributed by atoms with van der Waals surface area (Å²) in [5.41, 5.74) is -0.170. The molecule has 0 bridgehead atoms. The Kier molecular flexibility index (Phi) is 3.13. The van der Waals surface area contributed by atoms with E-state index in [2.05, 4.69) is 10.1 Å². The fourth-order valence-corrected chi connectivity index (χ4v) is 2.16. The third-order valence-electron chi connectivity index (χ3n) is 2.62. The Hall–Kier alpha value is -1.82. The lowest BCUT2D eigenvalue weighted by Crippen LogP contribution is -2.36. The van der Waals surface area contributed by atoms with Crippen molar-refractivity contribution in [3.8, 4) is 5.69 Å². The van der Waals surface area contributed by atoms with Crippen molar-refractivity contribution in [3.63, 3.8) is 0 Å². The van der Waals surface area contributed by atoms with E-state index in [1.165, 1.54) is 10.9 Å². The zero-order valence-electron chi connectivity index (χ0n) is 10.3. The first-order valence-corrected chi connectivity index (χ1v) is 5.83. The van der Waals surface area contributed by atoms with Gasteiger partial charge < -0.3 is 0 Å². The van der Waals surface area contributed by atoms with Crippen molar-refractivity contribution in [2.24, 2.45) is 7.05 Å². The van der Waals surface area contributed by atoms with Gasteiger partial charge in [-0.05, 0) is 5.92 Å². The maximum absolute atomic E-state index is 12.3. The number of H-pyrrole nitrogens is 1. The Balaban J connectivity index is 2.80. The van der Waals surface area contributed by atoms with Gasteiger partial charge in [-0.1, -0.05) is 25.4 Å². The molecular formula is C11H13ClN4O2. The molecule has 0 aliphatic carbocycles. The molecular weight excluding hydrogens is 256 g/mol. The summed E-state index contributed by atoms with van der Waals surface area (Å²) in [6, 6.07) is 0. The van der Waals surface area contributed by atoms with E-state index in [9.17, 15) is 9.59 Å². The monoisotopic (exact) mass is 268 g/mol. The molecule has 6 nitrogen and oxygen atoms in total. The van der Waals surface area contributed by atoms with Crippen molar-refractivity contribution in [1.82, 2.24) is 19.3 Å².